The van der Waals surface area contributed by atoms with Crippen LogP contribution in [0.4, 0.5) is 0 Å². The van der Waals surface area contributed by atoms with E-state index in [4.69, 9.17) is 23.7 Å². The highest BCUT2D eigenvalue weighted by molar-refractivity contribution is 5.87. The molecule has 50 heavy (non-hydrogen) atoms. The maximum absolute atomic E-state index is 13.8. The molecule has 4 N–H and O–H groups in total. The summed E-state index contributed by atoms with van der Waals surface area (Å²) in [6.07, 6.45) is 8.43. The summed E-state index contributed by atoms with van der Waals surface area (Å²) in [5, 5.41) is 45.6. The molecule has 1 saturated heterocycles. The molecule has 2 aliphatic rings. The number of aliphatic hydroxyl groups excluding tert-OH is 4. The standard InChI is InChI=1S/C40H66O10/c1-13-16-32-27(7)31(41)22-40(48-12,50-32)29(9)37(44)28(8)38-33(46-10)18-15-17-23(3)19-25(5)35(42)30(14-2)36(43)26(6)20-24(4)21-34(47-11)39(45)49-38/h13,15-18,20-21,25-33,35-38,41-44H,14,19,22H2,1-12H3/b16-13+,18-15+,23-17+,24-20+,34-21+/t25-,26-,27+,28+,29+,30+,31-,32-,33+,35+,36-,37-,38-,40-/m1/s1. The Bertz CT molecular complexity index is 1220. The van der Waals surface area contributed by atoms with Gasteiger partial charge in [-0.25, -0.2) is 4.79 Å². The Kier molecular flexibility index (Phi) is 17.6. The van der Waals surface area contributed by atoms with Crippen molar-refractivity contribution in [2.75, 3.05) is 21.3 Å². The molecule has 2 rings (SSSR count). The van der Waals surface area contributed by atoms with E-state index in [1.54, 1.807) is 32.9 Å². The molecule has 0 saturated carbocycles. The summed E-state index contributed by atoms with van der Waals surface area (Å²) in [5.41, 5.74) is 1.68. The Hall–Kier alpha value is -2.31. The van der Waals surface area contributed by atoms with Crippen LogP contribution in [0.2, 0.25) is 0 Å². The van der Waals surface area contributed by atoms with Crippen molar-refractivity contribution < 1.29 is 48.9 Å². The highest BCUT2D eigenvalue weighted by Crippen LogP contribution is 2.42. The van der Waals surface area contributed by atoms with Crippen molar-refractivity contribution in [3.8, 4) is 0 Å². The summed E-state index contributed by atoms with van der Waals surface area (Å²) >= 11 is 0. The monoisotopic (exact) mass is 706 g/mol. The van der Waals surface area contributed by atoms with Gasteiger partial charge in [-0.2, -0.15) is 0 Å². The van der Waals surface area contributed by atoms with Crippen molar-refractivity contribution in [3.05, 3.63) is 59.4 Å². The summed E-state index contributed by atoms with van der Waals surface area (Å²) in [6.45, 7) is 17.0. The summed E-state index contributed by atoms with van der Waals surface area (Å²) in [4.78, 5) is 13.8. The summed E-state index contributed by atoms with van der Waals surface area (Å²) in [7, 11) is 4.39. The number of carbonyl (C=O) groups is 1. The summed E-state index contributed by atoms with van der Waals surface area (Å²) in [5.74, 6) is -4.46. The van der Waals surface area contributed by atoms with E-state index in [1.807, 2.05) is 71.9 Å². The fraction of sp³-hybridized carbons (Fsp3) is 0.725. The van der Waals surface area contributed by atoms with Gasteiger partial charge in [-0.05, 0) is 45.6 Å². The third-order valence-electron chi connectivity index (χ3n) is 10.9. The second kappa shape index (κ2) is 20.1. The molecule has 0 amide bonds. The number of ether oxygens (including phenoxy) is 5. The van der Waals surface area contributed by atoms with Crippen LogP contribution in [0.15, 0.2) is 59.4 Å². The van der Waals surface area contributed by atoms with Gasteiger partial charge in [-0.1, -0.05) is 89.1 Å². The third kappa shape index (κ3) is 10.9. The summed E-state index contributed by atoms with van der Waals surface area (Å²) in [6, 6.07) is 0. The van der Waals surface area contributed by atoms with Gasteiger partial charge in [-0.15, -0.1) is 0 Å². The first kappa shape index (κ1) is 43.9. The SMILES string of the molecule is C/C=C/[C@H]1O[C@@](OC)([C@@H](C)[C@H](O)[C@H](C)[C@H]2OC(=O)/C(OC)=C\C(C)=C\[C@@H](C)[C@@H](O)[C@@H](CC)[C@@H](O)[C@H](C)C/C(C)=C/C=C/[C@@H]2OC)C[C@@H](O)[C@@H]1C. The highest BCUT2D eigenvalue weighted by Gasteiger charge is 2.52. The van der Waals surface area contributed by atoms with Crippen LogP contribution in [0.1, 0.15) is 81.6 Å². The Morgan fingerprint density at radius 2 is 1.74 bits per heavy atom. The maximum Gasteiger partial charge on any atom is 0.373 e. The van der Waals surface area contributed by atoms with Gasteiger partial charge >= 0.3 is 5.97 Å². The molecule has 0 bridgehead atoms. The van der Waals surface area contributed by atoms with E-state index in [1.165, 1.54) is 21.3 Å². The predicted octanol–water partition coefficient (Wildman–Crippen LogP) is 5.65. The second-order valence-corrected chi connectivity index (χ2v) is 14.6. The molecule has 2 aliphatic heterocycles. The van der Waals surface area contributed by atoms with Crippen molar-refractivity contribution in [1.29, 1.82) is 0 Å². The minimum atomic E-state index is -1.32. The molecule has 286 valence electrons. The number of aliphatic hydroxyl groups is 4. The lowest BCUT2D eigenvalue weighted by molar-refractivity contribution is -0.324. The normalized spacial score (nSPS) is 41.2. The molecule has 10 nitrogen and oxygen atoms in total. The molecule has 2 heterocycles. The first-order valence-electron chi connectivity index (χ1n) is 18.1. The Morgan fingerprint density at radius 1 is 1.08 bits per heavy atom. The maximum atomic E-state index is 13.8. The molecule has 0 aromatic carbocycles. The van der Waals surface area contributed by atoms with E-state index in [0.717, 1.165) is 5.57 Å². The van der Waals surface area contributed by atoms with E-state index < -0.39 is 66.3 Å². The van der Waals surface area contributed by atoms with Gasteiger partial charge in [-0.3, -0.25) is 0 Å². The van der Waals surface area contributed by atoms with Crippen molar-refractivity contribution in [1.82, 2.24) is 0 Å². The Labute approximate surface area is 300 Å². The van der Waals surface area contributed by atoms with Crippen molar-refractivity contribution in [2.45, 2.75) is 130 Å². The van der Waals surface area contributed by atoms with Gasteiger partial charge in [0.15, 0.2) is 5.79 Å². The smallest absolute Gasteiger partial charge is 0.373 e. The minimum absolute atomic E-state index is 0.0631. The van der Waals surface area contributed by atoms with Crippen LogP contribution in [-0.4, -0.2) is 96.2 Å². The lowest BCUT2D eigenvalue weighted by atomic mass is 9.77. The van der Waals surface area contributed by atoms with E-state index in [-0.39, 0.29) is 35.9 Å². The molecule has 14 atom stereocenters. The number of carbonyl (C=O) groups excluding carboxylic acids is 1. The molecule has 0 aromatic heterocycles. The number of hydrogen-bond donors (Lipinski definition) is 4. The van der Waals surface area contributed by atoms with Crippen LogP contribution in [0, 0.1) is 35.5 Å². The van der Waals surface area contributed by atoms with Gasteiger partial charge in [0.05, 0.1) is 37.6 Å². The van der Waals surface area contributed by atoms with Crippen molar-refractivity contribution in [2.24, 2.45) is 35.5 Å². The zero-order valence-corrected chi connectivity index (χ0v) is 32.4. The van der Waals surface area contributed by atoms with Crippen LogP contribution < -0.4 is 0 Å². The van der Waals surface area contributed by atoms with Gasteiger partial charge < -0.3 is 44.1 Å². The number of rotatable bonds is 9. The van der Waals surface area contributed by atoms with Crippen LogP contribution in [-0.2, 0) is 28.5 Å². The lowest BCUT2D eigenvalue weighted by Crippen LogP contribution is -2.58. The minimum Gasteiger partial charge on any atom is -0.490 e. The molecule has 0 aliphatic carbocycles. The molecule has 10 heteroatoms. The lowest BCUT2D eigenvalue weighted by Gasteiger charge is -2.49. The van der Waals surface area contributed by atoms with Crippen molar-refractivity contribution >= 4 is 5.97 Å². The predicted molar refractivity (Wildman–Crippen MR) is 195 cm³/mol. The molecule has 0 radical (unpaired) electrons. The van der Waals surface area contributed by atoms with E-state index in [0.29, 0.717) is 18.4 Å². The van der Waals surface area contributed by atoms with Crippen LogP contribution in [0.5, 0.6) is 0 Å². The van der Waals surface area contributed by atoms with Gasteiger partial charge in [0, 0.05) is 50.2 Å². The quantitative estimate of drug-likeness (QED) is 0.175. The molecule has 0 aromatic rings. The first-order valence-corrected chi connectivity index (χ1v) is 18.1. The zero-order chi connectivity index (χ0) is 37.9. The average molecular weight is 707 g/mol. The molecule has 0 spiro atoms. The molecular weight excluding hydrogens is 640 g/mol. The number of hydrogen-bond acceptors (Lipinski definition) is 10. The first-order chi connectivity index (χ1) is 23.5. The fourth-order valence-electron chi connectivity index (χ4n) is 7.48. The zero-order valence-electron chi connectivity index (χ0n) is 32.4. The van der Waals surface area contributed by atoms with Gasteiger partial charge in [0.25, 0.3) is 0 Å². The largest absolute Gasteiger partial charge is 0.490 e. The van der Waals surface area contributed by atoms with Crippen molar-refractivity contribution in [3.63, 3.8) is 0 Å². The topological polar surface area (TPSA) is 144 Å². The van der Waals surface area contributed by atoms with Gasteiger partial charge in [0.1, 0.15) is 12.2 Å². The van der Waals surface area contributed by atoms with E-state index in [2.05, 4.69) is 0 Å². The Balaban J connectivity index is 2.62. The third-order valence-corrected chi connectivity index (χ3v) is 10.9. The molecular formula is C40H66O10. The van der Waals surface area contributed by atoms with E-state index in [9.17, 15) is 25.2 Å². The fourth-order valence-corrected chi connectivity index (χ4v) is 7.48. The Morgan fingerprint density at radius 3 is 2.30 bits per heavy atom. The highest BCUT2D eigenvalue weighted by atomic mass is 16.7. The number of allylic oxidation sites excluding steroid dienone is 6. The van der Waals surface area contributed by atoms with E-state index >= 15 is 0 Å². The molecule has 0 unspecified atom stereocenters. The van der Waals surface area contributed by atoms with Crippen LogP contribution in [0.3, 0.4) is 0 Å². The summed E-state index contributed by atoms with van der Waals surface area (Å²) < 4.78 is 29.9. The average Bonchev–Trinajstić information content (AvgIpc) is 3.08. The van der Waals surface area contributed by atoms with Gasteiger partial charge in [0.2, 0.25) is 5.76 Å². The molecule has 1 fully saturated rings. The number of esters is 1. The van der Waals surface area contributed by atoms with Crippen LogP contribution in [0.25, 0.3) is 0 Å². The number of cyclic esters (lactones) is 1. The number of methoxy groups -OCH3 is 3. The van der Waals surface area contributed by atoms with Crippen LogP contribution >= 0.6 is 0 Å². The second-order valence-electron chi connectivity index (χ2n) is 14.6.